The van der Waals surface area contributed by atoms with Gasteiger partial charge in [0, 0.05) is 18.2 Å². The van der Waals surface area contributed by atoms with Gasteiger partial charge in [0.15, 0.2) is 5.76 Å². The summed E-state index contributed by atoms with van der Waals surface area (Å²) in [5.41, 5.74) is 1.55. The Morgan fingerprint density at radius 2 is 2.35 bits per heavy atom. The third kappa shape index (κ3) is 4.12. The molecule has 7 heteroatoms. The van der Waals surface area contributed by atoms with Crippen LogP contribution in [-0.4, -0.2) is 30.8 Å². The molecule has 122 valence electrons. The number of nitrogens with zero attached hydrogens (tertiary/aromatic N) is 1. The van der Waals surface area contributed by atoms with Gasteiger partial charge in [-0.25, -0.2) is 0 Å². The highest BCUT2D eigenvalue weighted by Gasteiger charge is 2.17. The van der Waals surface area contributed by atoms with Gasteiger partial charge in [0.25, 0.3) is 0 Å². The molecule has 2 heterocycles. The molecule has 0 radical (unpaired) electrons. The number of benzene rings is 1. The van der Waals surface area contributed by atoms with E-state index in [0.29, 0.717) is 18.0 Å². The lowest BCUT2D eigenvalue weighted by Crippen LogP contribution is -2.40. The van der Waals surface area contributed by atoms with Crippen LogP contribution >= 0.6 is 12.4 Å². The molecule has 1 aliphatic heterocycles. The number of hydrogen-bond donors (Lipinski definition) is 2. The van der Waals surface area contributed by atoms with Crippen LogP contribution in [0.25, 0.3) is 11.3 Å². The number of amides is 1. The zero-order valence-electron chi connectivity index (χ0n) is 12.6. The Morgan fingerprint density at radius 1 is 1.48 bits per heavy atom. The van der Waals surface area contributed by atoms with E-state index in [1.165, 1.54) is 0 Å². The molecule has 1 unspecified atom stereocenters. The van der Waals surface area contributed by atoms with Crippen molar-refractivity contribution in [3.05, 3.63) is 48.2 Å². The Balaban J connectivity index is 0.00000192. The molecule has 2 N–H and O–H groups in total. The van der Waals surface area contributed by atoms with Crippen molar-refractivity contribution in [3.8, 4) is 17.1 Å². The van der Waals surface area contributed by atoms with Gasteiger partial charge in [0.2, 0.25) is 5.91 Å². The Kier molecular flexibility index (Phi) is 5.78. The molecule has 23 heavy (non-hydrogen) atoms. The van der Waals surface area contributed by atoms with Crippen molar-refractivity contribution in [1.29, 1.82) is 0 Å². The fraction of sp³-hybridized carbons (Fsp3) is 0.250. The molecule has 0 spiro atoms. The molecule has 1 atom stereocenters. The van der Waals surface area contributed by atoms with Crippen LogP contribution < -0.4 is 15.4 Å². The summed E-state index contributed by atoms with van der Waals surface area (Å²) in [6, 6.07) is 9.09. The lowest BCUT2D eigenvalue weighted by molar-refractivity contribution is -0.122. The van der Waals surface area contributed by atoms with Crippen LogP contribution in [-0.2, 0) is 11.3 Å². The standard InChI is InChI=1S/C16H17N3O3.ClH/c1-21-13-5-2-4-11(8-13)15-9-12(19-22-15)10-18-16(20)14-6-3-7-17-14;/h2-6,8-9,14,17H,7,10H2,1H3,(H,18,20);1H. The number of carbonyl (C=O) groups excluding carboxylic acids is 1. The van der Waals surface area contributed by atoms with Crippen LogP contribution in [0.5, 0.6) is 5.75 Å². The van der Waals surface area contributed by atoms with Crippen LogP contribution in [0.4, 0.5) is 0 Å². The Bertz CT molecular complexity index is 699. The normalized spacial score (nSPS) is 16.0. The van der Waals surface area contributed by atoms with E-state index < -0.39 is 0 Å². The summed E-state index contributed by atoms with van der Waals surface area (Å²) in [5.74, 6) is 1.32. The molecular formula is C16H18ClN3O3. The van der Waals surface area contributed by atoms with Crippen molar-refractivity contribution in [1.82, 2.24) is 15.8 Å². The summed E-state index contributed by atoms with van der Waals surface area (Å²) in [6.45, 7) is 1.06. The van der Waals surface area contributed by atoms with Gasteiger partial charge in [-0.15, -0.1) is 12.4 Å². The van der Waals surface area contributed by atoms with Gasteiger partial charge in [-0.2, -0.15) is 0 Å². The lowest BCUT2D eigenvalue weighted by Gasteiger charge is -2.08. The topological polar surface area (TPSA) is 76.4 Å². The predicted octanol–water partition coefficient (Wildman–Crippen LogP) is 1.92. The third-order valence-electron chi connectivity index (χ3n) is 3.42. The molecule has 0 aliphatic carbocycles. The summed E-state index contributed by atoms with van der Waals surface area (Å²) in [5, 5.41) is 9.86. The average molecular weight is 336 g/mol. The quantitative estimate of drug-likeness (QED) is 0.816. The minimum absolute atomic E-state index is 0. The Morgan fingerprint density at radius 3 is 3.09 bits per heavy atom. The van der Waals surface area contributed by atoms with Gasteiger partial charge in [-0.05, 0) is 12.1 Å². The van der Waals surface area contributed by atoms with E-state index in [2.05, 4.69) is 15.8 Å². The Labute approximate surface area is 140 Å². The summed E-state index contributed by atoms with van der Waals surface area (Å²) in [4.78, 5) is 11.9. The predicted molar refractivity (Wildman–Crippen MR) is 88.5 cm³/mol. The number of hydrogen-bond acceptors (Lipinski definition) is 5. The van der Waals surface area contributed by atoms with Gasteiger partial charge in [-0.3, -0.25) is 10.1 Å². The maximum atomic E-state index is 11.9. The summed E-state index contributed by atoms with van der Waals surface area (Å²) < 4.78 is 10.5. The molecule has 1 aromatic heterocycles. The molecule has 0 bridgehead atoms. The van der Waals surface area contributed by atoms with Gasteiger partial charge in [-0.1, -0.05) is 29.4 Å². The first-order valence-corrected chi connectivity index (χ1v) is 7.04. The molecule has 0 saturated carbocycles. The number of rotatable bonds is 5. The highest BCUT2D eigenvalue weighted by molar-refractivity contribution is 5.85. The first-order valence-electron chi connectivity index (χ1n) is 7.04. The van der Waals surface area contributed by atoms with E-state index in [9.17, 15) is 4.79 Å². The zero-order valence-corrected chi connectivity index (χ0v) is 13.4. The fourth-order valence-electron chi connectivity index (χ4n) is 2.24. The van der Waals surface area contributed by atoms with Crippen molar-refractivity contribution in [3.63, 3.8) is 0 Å². The van der Waals surface area contributed by atoms with Crippen molar-refractivity contribution in [2.75, 3.05) is 13.7 Å². The van der Waals surface area contributed by atoms with Crippen molar-refractivity contribution in [2.45, 2.75) is 12.6 Å². The fourth-order valence-corrected chi connectivity index (χ4v) is 2.24. The van der Waals surface area contributed by atoms with Crippen LogP contribution in [0.15, 0.2) is 47.0 Å². The number of aromatic nitrogens is 1. The number of ether oxygens (including phenoxy) is 1. The minimum Gasteiger partial charge on any atom is -0.497 e. The molecule has 6 nitrogen and oxygen atoms in total. The van der Waals surface area contributed by atoms with Crippen molar-refractivity contribution >= 4 is 18.3 Å². The minimum atomic E-state index is -0.259. The van der Waals surface area contributed by atoms with Crippen LogP contribution in [0, 0.1) is 0 Å². The van der Waals surface area contributed by atoms with E-state index >= 15 is 0 Å². The second-order valence-corrected chi connectivity index (χ2v) is 4.95. The van der Waals surface area contributed by atoms with Crippen LogP contribution in [0.1, 0.15) is 5.69 Å². The van der Waals surface area contributed by atoms with E-state index in [-0.39, 0.29) is 24.4 Å². The highest BCUT2D eigenvalue weighted by atomic mass is 35.5. The smallest absolute Gasteiger partial charge is 0.241 e. The molecule has 1 amide bonds. The van der Waals surface area contributed by atoms with Gasteiger partial charge >= 0.3 is 0 Å². The Hall–Kier alpha value is -2.31. The summed E-state index contributed by atoms with van der Waals surface area (Å²) >= 11 is 0. The largest absolute Gasteiger partial charge is 0.497 e. The number of carbonyl (C=O) groups is 1. The summed E-state index contributed by atoms with van der Waals surface area (Å²) in [6.07, 6.45) is 3.78. The summed E-state index contributed by atoms with van der Waals surface area (Å²) in [7, 11) is 1.62. The second kappa shape index (κ2) is 7.80. The van der Waals surface area contributed by atoms with E-state index in [0.717, 1.165) is 17.9 Å². The monoisotopic (exact) mass is 335 g/mol. The highest BCUT2D eigenvalue weighted by Crippen LogP contribution is 2.24. The molecule has 3 rings (SSSR count). The maximum absolute atomic E-state index is 11.9. The molecule has 0 fully saturated rings. The zero-order chi connectivity index (χ0) is 15.4. The molecule has 0 saturated heterocycles. The van der Waals surface area contributed by atoms with E-state index in [4.69, 9.17) is 9.26 Å². The number of halogens is 1. The third-order valence-corrected chi connectivity index (χ3v) is 3.42. The lowest BCUT2D eigenvalue weighted by atomic mass is 10.1. The van der Waals surface area contributed by atoms with Crippen LogP contribution in [0.2, 0.25) is 0 Å². The maximum Gasteiger partial charge on any atom is 0.241 e. The van der Waals surface area contributed by atoms with Gasteiger partial charge < -0.3 is 14.6 Å². The number of nitrogens with one attached hydrogen (secondary N) is 2. The van der Waals surface area contributed by atoms with Crippen molar-refractivity contribution in [2.24, 2.45) is 0 Å². The van der Waals surface area contributed by atoms with Gasteiger partial charge in [0.1, 0.15) is 17.5 Å². The van der Waals surface area contributed by atoms with E-state index in [1.807, 2.05) is 42.5 Å². The molecule has 1 aliphatic rings. The molecular weight excluding hydrogens is 318 g/mol. The van der Waals surface area contributed by atoms with Crippen LogP contribution in [0.3, 0.4) is 0 Å². The second-order valence-electron chi connectivity index (χ2n) is 4.95. The molecule has 1 aromatic carbocycles. The number of methoxy groups -OCH3 is 1. The van der Waals surface area contributed by atoms with Crippen molar-refractivity contribution < 1.29 is 14.1 Å². The van der Waals surface area contributed by atoms with E-state index in [1.54, 1.807) is 7.11 Å². The molecule has 2 aromatic rings. The SMILES string of the molecule is COc1cccc(-c2cc(CNC(=O)C3C=CCN3)no2)c1.Cl. The first kappa shape index (κ1) is 17.1. The first-order chi connectivity index (χ1) is 10.8. The average Bonchev–Trinajstić information content (AvgIpc) is 3.24. The van der Waals surface area contributed by atoms with Gasteiger partial charge in [0.05, 0.1) is 13.7 Å².